The molecule has 11 heteroatoms. The lowest BCUT2D eigenvalue weighted by Gasteiger charge is -2.35. The number of carboxylic acids is 2. The molecule has 0 aliphatic carbocycles. The van der Waals surface area contributed by atoms with E-state index in [0.717, 1.165) is 43.0 Å². The van der Waals surface area contributed by atoms with Crippen LogP contribution < -0.4 is 14.8 Å². The number of aliphatic hydroxyl groups excluding tert-OH is 1. The number of ether oxygens (including phenoxy) is 2. The highest BCUT2D eigenvalue weighted by atomic mass is 16.5. The van der Waals surface area contributed by atoms with E-state index in [1.54, 1.807) is 7.11 Å². The molecule has 1 fully saturated rings. The van der Waals surface area contributed by atoms with Crippen LogP contribution in [0.15, 0.2) is 54.6 Å². The Morgan fingerprint density at radius 2 is 1.44 bits per heavy atom. The molecule has 0 bridgehead atoms. The SMILES string of the molecule is COc1ccccc1OCC(O)CN1CCN(CC(=O)Nc2c(C)cccc2C)CC1.O=C(O)/C=C/C(=O)O. The van der Waals surface area contributed by atoms with E-state index >= 15 is 0 Å². The van der Waals surface area contributed by atoms with E-state index in [1.165, 1.54) is 0 Å². The quantitative estimate of drug-likeness (QED) is 0.310. The first-order valence-corrected chi connectivity index (χ1v) is 12.5. The molecule has 3 rings (SSSR count). The van der Waals surface area contributed by atoms with Crippen LogP contribution in [0.2, 0.25) is 0 Å². The van der Waals surface area contributed by atoms with E-state index in [4.69, 9.17) is 19.7 Å². The number of piperazine rings is 1. The summed E-state index contributed by atoms with van der Waals surface area (Å²) in [5, 5.41) is 29.0. The van der Waals surface area contributed by atoms with Gasteiger partial charge in [0.25, 0.3) is 0 Å². The van der Waals surface area contributed by atoms with Gasteiger partial charge in [-0.3, -0.25) is 14.6 Å². The van der Waals surface area contributed by atoms with Gasteiger partial charge in [-0.15, -0.1) is 0 Å². The molecule has 0 spiro atoms. The van der Waals surface area contributed by atoms with E-state index in [2.05, 4.69) is 15.1 Å². The van der Waals surface area contributed by atoms with Gasteiger partial charge in [-0.2, -0.15) is 0 Å². The second-order valence-electron chi connectivity index (χ2n) is 9.02. The molecular weight excluding hydrogens is 506 g/mol. The van der Waals surface area contributed by atoms with E-state index in [0.29, 0.717) is 36.7 Å². The van der Waals surface area contributed by atoms with Crippen molar-refractivity contribution < 1.29 is 39.2 Å². The van der Waals surface area contributed by atoms with Gasteiger partial charge in [-0.1, -0.05) is 30.3 Å². The van der Waals surface area contributed by atoms with Crippen molar-refractivity contribution in [1.29, 1.82) is 0 Å². The van der Waals surface area contributed by atoms with Crippen molar-refractivity contribution in [2.45, 2.75) is 20.0 Å². The number of anilines is 1. The number of carbonyl (C=O) groups excluding carboxylic acids is 1. The number of hydrogen-bond acceptors (Lipinski definition) is 8. The van der Waals surface area contributed by atoms with Gasteiger partial charge in [0.1, 0.15) is 12.7 Å². The average molecular weight is 544 g/mol. The van der Waals surface area contributed by atoms with Gasteiger partial charge in [0, 0.05) is 50.6 Å². The number of aryl methyl sites for hydroxylation is 2. The van der Waals surface area contributed by atoms with E-state index in [-0.39, 0.29) is 12.5 Å². The number of carbonyl (C=O) groups is 3. The number of methoxy groups -OCH3 is 1. The van der Waals surface area contributed by atoms with Gasteiger partial charge in [0.05, 0.1) is 13.7 Å². The van der Waals surface area contributed by atoms with Crippen molar-refractivity contribution in [1.82, 2.24) is 9.80 Å². The summed E-state index contributed by atoms with van der Waals surface area (Å²) in [7, 11) is 1.60. The molecule has 1 saturated heterocycles. The van der Waals surface area contributed by atoms with Crippen molar-refractivity contribution in [3.05, 3.63) is 65.7 Å². The minimum absolute atomic E-state index is 0.0103. The molecule has 1 aliphatic rings. The fourth-order valence-electron chi connectivity index (χ4n) is 3.94. The molecule has 1 amide bonds. The number of benzene rings is 2. The van der Waals surface area contributed by atoms with Gasteiger partial charge >= 0.3 is 11.9 Å². The summed E-state index contributed by atoms with van der Waals surface area (Å²) in [5.41, 5.74) is 3.05. The van der Waals surface area contributed by atoms with Crippen LogP contribution >= 0.6 is 0 Å². The zero-order valence-electron chi connectivity index (χ0n) is 22.5. The molecule has 0 radical (unpaired) electrons. The van der Waals surface area contributed by atoms with Crippen LogP contribution in [-0.4, -0.2) is 102 Å². The standard InChI is InChI=1S/C24H33N3O4.C4H4O4/c1-18-7-6-8-19(2)24(18)25-23(29)16-27-13-11-26(12-14-27)15-20(28)17-31-22-10-5-4-9-21(22)30-3;5-3(6)1-2-4(7)8/h4-10,20,28H,11-17H2,1-3H3,(H,25,29);1-2H,(H,5,6)(H,7,8)/b;2-1+. The summed E-state index contributed by atoms with van der Waals surface area (Å²) in [4.78, 5) is 35.9. The number of carboxylic acid groups (broad SMARTS) is 2. The largest absolute Gasteiger partial charge is 0.493 e. The van der Waals surface area contributed by atoms with Crippen LogP contribution in [0.5, 0.6) is 11.5 Å². The van der Waals surface area contributed by atoms with Crippen LogP contribution in [0.4, 0.5) is 5.69 Å². The number of nitrogens with zero attached hydrogens (tertiary/aromatic N) is 2. The minimum Gasteiger partial charge on any atom is -0.493 e. The smallest absolute Gasteiger partial charge is 0.328 e. The van der Waals surface area contributed by atoms with E-state index in [1.807, 2.05) is 56.3 Å². The lowest BCUT2D eigenvalue weighted by molar-refractivity contribution is -0.134. The third kappa shape index (κ3) is 11.6. The average Bonchev–Trinajstić information content (AvgIpc) is 2.90. The molecule has 4 N–H and O–H groups in total. The van der Waals surface area contributed by atoms with Crippen molar-refractivity contribution in [3.8, 4) is 11.5 Å². The predicted octanol–water partition coefficient (Wildman–Crippen LogP) is 2.02. The van der Waals surface area contributed by atoms with Crippen LogP contribution in [0.25, 0.3) is 0 Å². The maximum atomic E-state index is 12.5. The van der Waals surface area contributed by atoms with Crippen LogP contribution in [0.3, 0.4) is 0 Å². The second-order valence-corrected chi connectivity index (χ2v) is 9.02. The first kappa shape index (κ1) is 31.3. The van der Waals surface area contributed by atoms with Crippen LogP contribution in [0.1, 0.15) is 11.1 Å². The molecule has 212 valence electrons. The normalized spacial score (nSPS) is 14.7. The molecule has 1 aliphatic heterocycles. The fourth-order valence-corrected chi connectivity index (χ4v) is 3.94. The minimum atomic E-state index is -1.26. The third-order valence-electron chi connectivity index (χ3n) is 5.92. The summed E-state index contributed by atoms with van der Waals surface area (Å²) in [6.45, 7) is 8.33. The molecule has 1 unspecified atom stereocenters. The zero-order chi connectivity index (χ0) is 28.8. The highest BCUT2D eigenvalue weighted by molar-refractivity contribution is 5.93. The predicted molar refractivity (Wildman–Crippen MR) is 146 cm³/mol. The topological polar surface area (TPSA) is 149 Å². The summed E-state index contributed by atoms with van der Waals surface area (Å²) in [6.07, 6.45) is 0.522. The Labute approximate surface area is 228 Å². The number of hydrogen-bond donors (Lipinski definition) is 4. The third-order valence-corrected chi connectivity index (χ3v) is 5.92. The van der Waals surface area contributed by atoms with Gasteiger partial charge in [-0.05, 0) is 37.1 Å². The molecule has 0 saturated carbocycles. The number of β-amino-alcohol motifs (C(OH)–C–C–N with tert-alkyl or cyclic N) is 1. The van der Waals surface area contributed by atoms with Crippen molar-refractivity contribution in [2.24, 2.45) is 0 Å². The molecule has 39 heavy (non-hydrogen) atoms. The Morgan fingerprint density at radius 3 is 1.97 bits per heavy atom. The molecular formula is C28H37N3O8. The van der Waals surface area contributed by atoms with Crippen LogP contribution in [-0.2, 0) is 14.4 Å². The first-order valence-electron chi connectivity index (χ1n) is 12.5. The number of aliphatic carboxylic acids is 2. The molecule has 2 aromatic rings. The Hall–Kier alpha value is -3.93. The zero-order valence-corrected chi connectivity index (χ0v) is 22.5. The second kappa shape index (κ2) is 16.1. The Balaban J connectivity index is 0.000000580. The Kier molecular flexibility index (Phi) is 12.9. The highest BCUT2D eigenvalue weighted by Crippen LogP contribution is 2.25. The summed E-state index contributed by atoms with van der Waals surface area (Å²) >= 11 is 0. The Morgan fingerprint density at radius 1 is 0.897 bits per heavy atom. The van der Waals surface area contributed by atoms with Gasteiger partial charge in [-0.25, -0.2) is 9.59 Å². The molecule has 11 nitrogen and oxygen atoms in total. The van der Waals surface area contributed by atoms with E-state index < -0.39 is 18.0 Å². The lowest BCUT2D eigenvalue weighted by atomic mass is 10.1. The van der Waals surface area contributed by atoms with Gasteiger partial charge in [0.15, 0.2) is 11.5 Å². The molecule has 1 atom stereocenters. The molecule has 1 heterocycles. The first-order chi connectivity index (χ1) is 18.6. The lowest BCUT2D eigenvalue weighted by Crippen LogP contribution is -2.50. The van der Waals surface area contributed by atoms with Crippen molar-refractivity contribution in [2.75, 3.05) is 58.3 Å². The summed E-state index contributed by atoms with van der Waals surface area (Å²) in [5.74, 6) is -1.22. The molecule has 0 aromatic heterocycles. The summed E-state index contributed by atoms with van der Waals surface area (Å²) in [6, 6.07) is 13.4. The Bertz CT molecular complexity index is 1090. The maximum absolute atomic E-state index is 12.5. The van der Waals surface area contributed by atoms with Crippen LogP contribution in [0, 0.1) is 13.8 Å². The van der Waals surface area contributed by atoms with Crippen molar-refractivity contribution >= 4 is 23.5 Å². The number of nitrogens with one attached hydrogen (secondary N) is 1. The van der Waals surface area contributed by atoms with Gasteiger partial charge < -0.3 is 30.1 Å². The monoisotopic (exact) mass is 543 g/mol. The maximum Gasteiger partial charge on any atom is 0.328 e. The fraction of sp³-hybridized carbons (Fsp3) is 0.393. The molecule has 2 aromatic carbocycles. The van der Waals surface area contributed by atoms with E-state index in [9.17, 15) is 19.5 Å². The van der Waals surface area contributed by atoms with Crippen molar-refractivity contribution in [3.63, 3.8) is 0 Å². The summed E-state index contributed by atoms with van der Waals surface area (Å²) < 4.78 is 11.0. The highest BCUT2D eigenvalue weighted by Gasteiger charge is 2.21. The number of aliphatic hydroxyl groups is 1. The van der Waals surface area contributed by atoms with Gasteiger partial charge in [0.2, 0.25) is 5.91 Å². The number of rotatable bonds is 11. The number of amides is 1. The number of para-hydroxylation sites is 3.